The van der Waals surface area contributed by atoms with Gasteiger partial charge in [0.05, 0.1) is 25.6 Å². The largest absolute Gasteiger partial charge is 0.504 e. The van der Waals surface area contributed by atoms with Crippen molar-refractivity contribution in [3.05, 3.63) is 59.7 Å². The summed E-state index contributed by atoms with van der Waals surface area (Å²) in [7, 11) is 2.96. The first-order chi connectivity index (χ1) is 15.1. The fraction of sp³-hybridized carbons (Fsp3) is 0.130. The summed E-state index contributed by atoms with van der Waals surface area (Å²) < 4.78 is 21.2. The quantitative estimate of drug-likeness (QED) is 0.575. The highest BCUT2D eigenvalue weighted by Crippen LogP contribution is 2.42. The smallest absolute Gasteiger partial charge is 0.231 e. The van der Waals surface area contributed by atoms with Crippen LogP contribution in [-0.4, -0.2) is 43.7 Å². The number of nitrogens with zero attached hydrogens (tertiary/aromatic N) is 2. The number of benzene rings is 3. The van der Waals surface area contributed by atoms with E-state index >= 15 is 0 Å². The summed E-state index contributed by atoms with van der Waals surface area (Å²) in [6, 6.07) is 13.7. The molecule has 0 saturated carbocycles. The van der Waals surface area contributed by atoms with Crippen LogP contribution in [0.4, 0.5) is 11.4 Å². The van der Waals surface area contributed by atoms with Gasteiger partial charge in [0.1, 0.15) is 0 Å². The summed E-state index contributed by atoms with van der Waals surface area (Å²) in [5.41, 5.74) is 1.95. The van der Waals surface area contributed by atoms with Gasteiger partial charge in [-0.25, -0.2) is 0 Å². The van der Waals surface area contributed by atoms with Gasteiger partial charge >= 0.3 is 0 Å². The SMILES string of the molecule is COc1cccc(C=Nc2cc3c(cc2N=Cc2cccc(OC)c2O)OCO3)c1O. The molecule has 3 aromatic rings. The van der Waals surface area contributed by atoms with Crippen LogP contribution >= 0.6 is 0 Å². The highest BCUT2D eigenvalue weighted by molar-refractivity contribution is 5.91. The van der Waals surface area contributed by atoms with Gasteiger partial charge in [-0.3, -0.25) is 9.98 Å². The summed E-state index contributed by atoms with van der Waals surface area (Å²) in [5, 5.41) is 20.6. The molecule has 31 heavy (non-hydrogen) atoms. The highest BCUT2D eigenvalue weighted by Gasteiger charge is 2.17. The number of rotatable bonds is 6. The highest BCUT2D eigenvalue weighted by atomic mass is 16.7. The topological polar surface area (TPSA) is 102 Å². The lowest BCUT2D eigenvalue weighted by Gasteiger charge is -2.07. The maximum atomic E-state index is 10.3. The fourth-order valence-corrected chi connectivity index (χ4v) is 3.02. The van der Waals surface area contributed by atoms with Crippen molar-refractivity contribution in [1.29, 1.82) is 0 Å². The van der Waals surface area contributed by atoms with Crippen molar-refractivity contribution in [2.45, 2.75) is 0 Å². The molecule has 0 aliphatic carbocycles. The Morgan fingerprint density at radius 3 is 1.65 bits per heavy atom. The van der Waals surface area contributed by atoms with E-state index in [1.807, 2.05) is 0 Å². The summed E-state index contributed by atoms with van der Waals surface area (Å²) in [6.45, 7) is 0.110. The third kappa shape index (κ3) is 4.09. The number of phenols is 2. The Labute approximate surface area is 178 Å². The first-order valence-corrected chi connectivity index (χ1v) is 9.34. The first kappa shape index (κ1) is 20.1. The van der Waals surface area contributed by atoms with Crippen LogP contribution in [0, 0.1) is 0 Å². The van der Waals surface area contributed by atoms with E-state index < -0.39 is 0 Å². The summed E-state index contributed by atoms with van der Waals surface area (Å²) in [4.78, 5) is 8.96. The molecule has 8 nitrogen and oxygen atoms in total. The van der Waals surface area contributed by atoms with Crippen molar-refractivity contribution < 1.29 is 29.2 Å². The van der Waals surface area contributed by atoms with Crippen LogP contribution in [0.15, 0.2) is 58.5 Å². The molecule has 158 valence electrons. The Morgan fingerprint density at radius 1 is 0.774 bits per heavy atom. The third-order valence-electron chi connectivity index (χ3n) is 4.66. The van der Waals surface area contributed by atoms with Crippen LogP contribution in [0.2, 0.25) is 0 Å². The molecule has 4 rings (SSSR count). The maximum Gasteiger partial charge on any atom is 0.231 e. The maximum absolute atomic E-state index is 10.3. The molecule has 1 aliphatic heterocycles. The molecule has 0 atom stereocenters. The van der Waals surface area contributed by atoms with Gasteiger partial charge in [-0.2, -0.15) is 0 Å². The van der Waals surface area contributed by atoms with Crippen molar-refractivity contribution in [1.82, 2.24) is 0 Å². The van der Waals surface area contributed by atoms with E-state index in [9.17, 15) is 10.2 Å². The molecule has 3 aromatic carbocycles. The van der Waals surface area contributed by atoms with Gasteiger partial charge in [-0.15, -0.1) is 0 Å². The Kier molecular flexibility index (Phi) is 5.61. The van der Waals surface area contributed by atoms with Gasteiger partial charge in [0.2, 0.25) is 6.79 Å². The Balaban J connectivity index is 1.72. The standard InChI is InChI=1S/C23H20N2O6/c1-28-18-7-3-5-14(22(18)26)11-24-16-9-20-21(31-13-30-20)10-17(16)25-12-15-6-4-8-19(29-2)23(15)27/h3-12,26-27H,13H2,1-2H3. The molecule has 8 heteroatoms. The van der Waals surface area contributed by atoms with Crippen molar-refractivity contribution in [3.8, 4) is 34.5 Å². The third-order valence-corrected chi connectivity index (χ3v) is 4.66. The van der Waals surface area contributed by atoms with Gasteiger partial charge < -0.3 is 29.2 Å². The minimum Gasteiger partial charge on any atom is -0.504 e. The molecule has 0 saturated heterocycles. The lowest BCUT2D eigenvalue weighted by atomic mass is 10.2. The summed E-state index contributed by atoms with van der Waals surface area (Å²) >= 11 is 0. The Morgan fingerprint density at radius 2 is 1.23 bits per heavy atom. The van der Waals surface area contributed by atoms with Crippen LogP contribution in [0.25, 0.3) is 0 Å². The lowest BCUT2D eigenvalue weighted by Crippen LogP contribution is -1.92. The average molecular weight is 420 g/mol. The minimum atomic E-state index is -0.0131. The normalized spacial score (nSPS) is 12.6. The predicted molar refractivity (Wildman–Crippen MR) is 116 cm³/mol. The van der Waals surface area contributed by atoms with E-state index in [2.05, 4.69) is 9.98 Å². The molecule has 0 amide bonds. The van der Waals surface area contributed by atoms with E-state index in [1.54, 1.807) is 48.5 Å². The summed E-state index contributed by atoms with van der Waals surface area (Å²) in [5.74, 6) is 1.76. The number of ether oxygens (including phenoxy) is 4. The van der Waals surface area contributed by atoms with Crippen LogP contribution in [0.1, 0.15) is 11.1 Å². The van der Waals surface area contributed by atoms with Crippen molar-refractivity contribution in [2.75, 3.05) is 21.0 Å². The van der Waals surface area contributed by atoms with Gasteiger partial charge in [0, 0.05) is 35.7 Å². The van der Waals surface area contributed by atoms with E-state index in [0.717, 1.165) is 0 Å². The van der Waals surface area contributed by atoms with Crippen LogP contribution in [0.5, 0.6) is 34.5 Å². The number of hydrogen-bond acceptors (Lipinski definition) is 8. The second-order valence-electron chi connectivity index (χ2n) is 6.51. The first-order valence-electron chi connectivity index (χ1n) is 9.34. The molecule has 0 aromatic heterocycles. The molecule has 1 heterocycles. The zero-order valence-corrected chi connectivity index (χ0v) is 16.9. The number of fused-ring (bicyclic) bond motifs is 1. The average Bonchev–Trinajstić information content (AvgIpc) is 3.24. The number of hydrogen-bond donors (Lipinski definition) is 2. The minimum absolute atomic E-state index is 0.0131. The molecule has 2 N–H and O–H groups in total. The van der Waals surface area contributed by atoms with E-state index in [-0.39, 0.29) is 18.3 Å². The summed E-state index contributed by atoms with van der Waals surface area (Å²) in [6.07, 6.45) is 3.02. The number of aliphatic imine (C=N–C) groups is 2. The number of para-hydroxylation sites is 2. The second kappa shape index (κ2) is 8.66. The Hall–Kier alpha value is -4.20. The van der Waals surface area contributed by atoms with E-state index in [4.69, 9.17) is 18.9 Å². The second-order valence-corrected chi connectivity index (χ2v) is 6.51. The van der Waals surface area contributed by atoms with Gasteiger partial charge in [-0.1, -0.05) is 12.1 Å². The van der Waals surface area contributed by atoms with Crippen LogP contribution < -0.4 is 18.9 Å². The van der Waals surface area contributed by atoms with E-state index in [0.29, 0.717) is 45.5 Å². The molecule has 0 bridgehead atoms. The van der Waals surface area contributed by atoms with Crippen molar-refractivity contribution in [2.24, 2.45) is 9.98 Å². The number of phenolic OH excluding ortho intramolecular Hbond substituents is 2. The molecular weight excluding hydrogens is 400 g/mol. The van der Waals surface area contributed by atoms with Crippen molar-refractivity contribution >= 4 is 23.8 Å². The number of aromatic hydroxyl groups is 2. The number of methoxy groups -OCH3 is 2. The molecular formula is C23H20N2O6. The zero-order chi connectivity index (χ0) is 21.8. The van der Waals surface area contributed by atoms with Gasteiger partial charge in [0.15, 0.2) is 34.5 Å². The van der Waals surface area contributed by atoms with Gasteiger partial charge in [0.25, 0.3) is 0 Å². The lowest BCUT2D eigenvalue weighted by molar-refractivity contribution is 0.174. The molecule has 1 aliphatic rings. The van der Waals surface area contributed by atoms with Crippen LogP contribution in [0.3, 0.4) is 0 Å². The fourth-order valence-electron chi connectivity index (χ4n) is 3.02. The van der Waals surface area contributed by atoms with E-state index in [1.165, 1.54) is 26.6 Å². The zero-order valence-electron chi connectivity index (χ0n) is 16.9. The molecule has 0 fully saturated rings. The van der Waals surface area contributed by atoms with Crippen LogP contribution in [-0.2, 0) is 0 Å². The van der Waals surface area contributed by atoms with Crippen molar-refractivity contribution in [3.63, 3.8) is 0 Å². The predicted octanol–water partition coefficient (Wildman–Crippen LogP) is 4.34. The van der Waals surface area contributed by atoms with Gasteiger partial charge in [-0.05, 0) is 24.3 Å². The molecule has 0 radical (unpaired) electrons. The Bertz CT molecular complexity index is 1080. The molecule has 0 unspecified atom stereocenters. The monoisotopic (exact) mass is 420 g/mol. The molecule has 0 spiro atoms.